The van der Waals surface area contributed by atoms with Crippen molar-refractivity contribution in [1.29, 1.82) is 0 Å². The highest BCUT2D eigenvalue weighted by atomic mass is 16.2. The lowest BCUT2D eigenvalue weighted by Gasteiger charge is -2.33. The number of H-pyrrole nitrogens is 1. The zero-order valence-corrected chi connectivity index (χ0v) is 12.4. The summed E-state index contributed by atoms with van der Waals surface area (Å²) in [6.45, 7) is 4.72. The van der Waals surface area contributed by atoms with Crippen LogP contribution in [0.25, 0.3) is 0 Å². The molecule has 0 aromatic carbocycles. The molecule has 2 amide bonds. The molecule has 1 aliphatic heterocycles. The number of likely N-dealkylation sites (tertiary alicyclic amines) is 1. The van der Waals surface area contributed by atoms with Crippen molar-refractivity contribution >= 4 is 6.03 Å². The summed E-state index contributed by atoms with van der Waals surface area (Å²) in [6.07, 6.45) is 8.01. The summed E-state index contributed by atoms with van der Waals surface area (Å²) in [5.74, 6) is 0.722. The van der Waals surface area contributed by atoms with Crippen LogP contribution in [0, 0.1) is 12.8 Å². The highest BCUT2D eigenvalue weighted by Crippen LogP contribution is 2.39. The predicted octanol–water partition coefficient (Wildman–Crippen LogP) is 2.58. The van der Waals surface area contributed by atoms with Crippen LogP contribution >= 0.6 is 0 Å². The number of nitrogens with zero attached hydrogens (tertiary/aromatic N) is 2. The lowest BCUT2D eigenvalue weighted by molar-refractivity contribution is 0.155. The van der Waals surface area contributed by atoms with Crippen molar-refractivity contribution in [3.05, 3.63) is 17.5 Å². The summed E-state index contributed by atoms with van der Waals surface area (Å²) in [5, 5.41) is 9.95. The monoisotopic (exact) mass is 276 g/mol. The zero-order chi connectivity index (χ0) is 14.1. The van der Waals surface area contributed by atoms with E-state index in [-0.39, 0.29) is 6.03 Å². The molecule has 0 unspecified atom stereocenters. The van der Waals surface area contributed by atoms with E-state index in [0.717, 1.165) is 17.2 Å². The summed E-state index contributed by atoms with van der Waals surface area (Å²) < 4.78 is 0. The van der Waals surface area contributed by atoms with Crippen LogP contribution in [-0.2, 0) is 6.54 Å². The van der Waals surface area contributed by atoms with Gasteiger partial charge in [0, 0.05) is 29.9 Å². The number of aryl methyl sites for hydroxylation is 1. The molecule has 1 aromatic rings. The fourth-order valence-corrected chi connectivity index (χ4v) is 3.87. The Labute approximate surface area is 120 Å². The number of urea groups is 1. The molecule has 0 radical (unpaired) electrons. The predicted molar refractivity (Wildman–Crippen MR) is 77.2 cm³/mol. The van der Waals surface area contributed by atoms with Gasteiger partial charge in [0.2, 0.25) is 0 Å². The number of hydrogen-bond donors (Lipinski definition) is 2. The van der Waals surface area contributed by atoms with Gasteiger partial charge in [-0.2, -0.15) is 5.10 Å². The summed E-state index contributed by atoms with van der Waals surface area (Å²) in [5.41, 5.74) is 2.08. The number of aromatic amines is 1. The van der Waals surface area contributed by atoms with E-state index in [2.05, 4.69) is 27.3 Å². The van der Waals surface area contributed by atoms with Gasteiger partial charge in [-0.05, 0) is 39.0 Å². The molecule has 1 aromatic heterocycles. The first-order valence-electron chi connectivity index (χ1n) is 7.72. The molecule has 2 fully saturated rings. The Morgan fingerprint density at radius 2 is 2.30 bits per heavy atom. The topological polar surface area (TPSA) is 61.0 Å². The molecule has 2 aliphatic rings. The van der Waals surface area contributed by atoms with Crippen LogP contribution in [0.5, 0.6) is 0 Å². The molecule has 1 saturated carbocycles. The second kappa shape index (κ2) is 5.46. The maximum atomic E-state index is 12.5. The van der Waals surface area contributed by atoms with Gasteiger partial charge in [0.1, 0.15) is 0 Å². The fourth-order valence-electron chi connectivity index (χ4n) is 3.87. The molecule has 20 heavy (non-hydrogen) atoms. The molecule has 2 N–H and O–H groups in total. The molecule has 3 atom stereocenters. The van der Waals surface area contributed by atoms with Crippen LogP contribution in [0.1, 0.15) is 50.3 Å². The van der Waals surface area contributed by atoms with E-state index in [0.29, 0.717) is 18.6 Å². The molecule has 3 rings (SSSR count). The maximum Gasteiger partial charge on any atom is 0.318 e. The Balaban J connectivity index is 1.63. The van der Waals surface area contributed by atoms with E-state index >= 15 is 0 Å². The van der Waals surface area contributed by atoms with Crippen LogP contribution in [0.2, 0.25) is 0 Å². The van der Waals surface area contributed by atoms with E-state index in [4.69, 9.17) is 0 Å². The van der Waals surface area contributed by atoms with Crippen LogP contribution in [0.3, 0.4) is 0 Å². The Kier molecular flexibility index (Phi) is 3.68. The molecule has 1 saturated heterocycles. The van der Waals surface area contributed by atoms with E-state index < -0.39 is 0 Å². The van der Waals surface area contributed by atoms with Crippen molar-refractivity contribution < 1.29 is 4.79 Å². The van der Waals surface area contributed by atoms with Crippen LogP contribution in [-0.4, -0.2) is 33.2 Å². The minimum atomic E-state index is 0.0903. The van der Waals surface area contributed by atoms with Gasteiger partial charge in [0.05, 0.1) is 6.20 Å². The molecule has 5 nitrogen and oxygen atoms in total. The number of nitrogens with one attached hydrogen (secondary N) is 2. The van der Waals surface area contributed by atoms with Crippen molar-refractivity contribution in [2.24, 2.45) is 5.92 Å². The molecule has 5 heteroatoms. The Morgan fingerprint density at radius 1 is 1.50 bits per heavy atom. The van der Waals surface area contributed by atoms with Gasteiger partial charge in [0.15, 0.2) is 0 Å². The molecular formula is C15H24N4O. The van der Waals surface area contributed by atoms with Gasteiger partial charge in [-0.1, -0.05) is 12.8 Å². The first kappa shape index (κ1) is 13.5. The van der Waals surface area contributed by atoms with E-state index in [9.17, 15) is 4.79 Å². The average Bonchev–Trinajstić information content (AvgIpc) is 2.98. The van der Waals surface area contributed by atoms with Gasteiger partial charge >= 0.3 is 6.03 Å². The van der Waals surface area contributed by atoms with Crippen molar-refractivity contribution in [3.63, 3.8) is 0 Å². The smallest absolute Gasteiger partial charge is 0.318 e. The van der Waals surface area contributed by atoms with Crippen LogP contribution in [0.4, 0.5) is 4.79 Å². The standard InChI is InChI=1S/C15H24N4O/c1-10-7-12-5-3-4-6-14(12)19(10)15(20)16-8-13-9-17-18-11(13)2/h9-10,12,14H,3-8H2,1-2H3,(H,16,20)(H,17,18)/t10-,12+,14+/m1/s1. The summed E-state index contributed by atoms with van der Waals surface area (Å²) in [7, 11) is 0. The molecule has 0 spiro atoms. The first-order valence-corrected chi connectivity index (χ1v) is 7.72. The lowest BCUT2D eigenvalue weighted by atomic mass is 9.85. The van der Waals surface area contributed by atoms with Gasteiger partial charge in [-0.15, -0.1) is 0 Å². The highest BCUT2D eigenvalue weighted by Gasteiger charge is 2.42. The minimum absolute atomic E-state index is 0.0903. The second-order valence-electron chi connectivity index (χ2n) is 6.28. The number of aromatic nitrogens is 2. The van der Waals surface area contributed by atoms with Gasteiger partial charge < -0.3 is 10.2 Å². The molecule has 2 heterocycles. The fraction of sp³-hybridized carbons (Fsp3) is 0.733. The largest absolute Gasteiger partial charge is 0.334 e. The SMILES string of the molecule is Cc1[nH]ncc1CNC(=O)N1[C@H](C)C[C@@H]2CCCC[C@@H]21. The third kappa shape index (κ3) is 2.41. The molecule has 110 valence electrons. The normalized spacial score (nSPS) is 29.3. The number of carbonyl (C=O) groups excluding carboxylic acids is 1. The summed E-state index contributed by atoms with van der Waals surface area (Å²) in [6, 6.07) is 0.922. The van der Waals surface area contributed by atoms with Gasteiger partial charge in [0.25, 0.3) is 0 Å². The number of fused-ring (bicyclic) bond motifs is 1. The number of amides is 2. The van der Waals surface area contributed by atoms with Crippen molar-refractivity contribution in [2.45, 2.75) is 64.6 Å². The van der Waals surface area contributed by atoms with E-state index in [1.807, 2.05) is 6.92 Å². The van der Waals surface area contributed by atoms with Crippen LogP contribution < -0.4 is 5.32 Å². The quantitative estimate of drug-likeness (QED) is 0.872. The summed E-state index contributed by atoms with van der Waals surface area (Å²) >= 11 is 0. The first-order chi connectivity index (χ1) is 9.66. The maximum absolute atomic E-state index is 12.5. The zero-order valence-electron chi connectivity index (χ0n) is 12.4. The van der Waals surface area contributed by atoms with Crippen molar-refractivity contribution in [2.75, 3.05) is 0 Å². The van der Waals surface area contributed by atoms with E-state index in [1.165, 1.54) is 32.1 Å². The van der Waals surface area contributed by atoms with Gasteiger partial charge in [-0.25, -0.2) is 4.79 Å². The van der Waals surface area contributed by atoms with Crippen molar-refractivity contribution in [1.82, 2.24) is 20.4 Å². The van der Waals surface area contributed by atoms with E-state index in [1.54, 1.807) is 6.20 Å². The highest BCUT2D eigenvalue weighted by molar-refractivity contribution is 5.75. The van der Waals surface area contributed by atoms with Crippen LogP contribution in [0.15, 0.2) is 6.20 Å². The van der Waals surface area contributed by atoms with Crippen molar-refractivity contribution in [3.8, 4) is 0 Å². The van der Waals surface area contributed by atoms with Gasteiger partial charge in [-0.3, -0.25) is 5.10 Å². The molecule has 1 aliphatic carbocycles. The number of hydrogen-bond acceptors (Lipinski definition) is 2. The second-order valence-corrected chi connectivity index (χ2v) is 6.28. The number of rotatable bonds is 2. The number of carbonyl (C=O) groups is 1. The summed E-state index contributed by atoms with van der Waals surface area (Å²) in [4.78, 5) is 14.6. The Morgan fingerprint density at radius 3 is 3.05 bits per heavy atom. The third-order valence-corrected chi connectivity index (χ3v) is 4.94. The average molecular weight is 276 g/mol. The molecule has 0 bridgehead atoms. The Hall–Kier alpha value is -1.52. The Bertz CT molecular complexity index is 484. The molecular weight excluding hydrogens is 252 g/mol. The minimum Gasteiger partial charge on any atom is -0.334 e. The lowest BCUT2D eigenvalue weighted by Crippen LogP contribution is -2.47. The third-order valence-electron chi connectivity index (χ3n) is 4.94.